The van der Waals surface area contributed by atoms with E-state index in [1.165, 1.54) is 12.8 Å². The predicted molar refractivity (Wildman–Crippen MR) is 71.5 cm³/mol. The monoisotopic (exact) mass is 265 g/mol. The van der Waals surface area contributed by atoms with Gasteiger partial charge >= 0.3 is 0 Å². The van der Waals surface area contributed by atoms with Crippen molar-refractivity contribution >= 4 is 11.8 Å². The second kappa shape index (κ2) is 5.12. The molecule has 5 heteroatoms. The highest BCUT2D eigenvalue weighted by molar-refractivity contribution is 5.90. The molecule has 3 aliphatic rings. The molecule has 0 aromatic carbocycles. The van der Waals surface area contributed by atoms with Crippen molar-refractivity contribution in [2.75, 3.05) is 6.54 Å². The van der Waals surface area contributed by atoms with Gasteiger partial charge in [0.2, 0.25) is 11.8 Å². The summed E-state index contributed by atoms with van der Waals surface area (Å²) in [5.74, 6) is 0.111. The number of nitrogens with one attached hydrogen (secondary N) is 2. The lowest BCUT2D eigenvalue weighted by atomic mass is 10.0. The fraction of sp³-hybridized carbons (Fsp3) is 0.857. The van der Waals surface area contributed by atoms with Gasteiger partial charge in [0.25, 0.3) is 0 Å². The minimum Gasteiger partial charge on any atom is -0.352 e. The highest BCUT2D eigenvalue weighted by Crippen LogP contribution is 2.24. The molecular weight excluding hydrogens is 242 g/mol. The zero-order valence-electron chi connectivity index (χ0n) is 11.5. The molecule has 2 amide bonds. The second-order valence-electron chi connectivity index (χ2n) is 6.13. The number of piperidine rings is 1. The predicted octanol–water partition coefficient (Wildman–Crippen LogP) is 0.397. The van der Waals surface area contributed by atoms with Crippen LogP contribution >= 0.6 is 0 Å². The molecule has 2 aliphatic carbocycles. The third-order valence-corrected chi connectivity index (χ3v) is 4.26. The van der Waals surface area contributed by atoms with Crippen LogP contribution in [-0.2, 0) is 9.59 Å². The van der Waals surface area contributed by atoms with E-state index in [2.05, 4.69) is 10.6 Å². The van der Waals surface area contributed by atoms with E-state index < -0.39 is 0 Å². The molecule has 2 saturated carbocycles. The van der Waals surface area contributed by atoms with Crippen molar-refractivity contribution in [1.82, 2.24) is 15.5 Å². The molecular formula is C14H23N3O2. The summed E-state index contributed by atoms with van der Waals surface area (Å²) in [5, 5.41) is 6.38. The van der Waals surface area contributed by atoms with Gasteiger partial charge in [-0.05, 0) is 45.4 Å². The molecule has 5 nitrogen and oxygen atoms in total. The van der Waals surface area contributed by atoms with Gasteiger partial charge < -0.3 is 15.5 Å². The SMILES string of the molecule is CC(C(=O)NC1CC1)N1CCCC(NC2CC2)C1=O. The van der Waals surface area contributed by atoms with Crippen LogP contribution in [0.1, 0.15) is 45.4 Å². The molecule has 1 aliphatic heterocycles. The summed E-state index contributed by atoms with van der Waals surface area (Å²) in [4.78, 5) is 26.2. The standard InChI is InChI=1S/C14H23N3O2/c1-9(13(18)16-11-6-7-11)17-8-2-3-12(14(17)19)15-10-4-5-10/h9-12,15H,2-8H2,1H3,(H,16,18). The minimum atomic E-state index is -0.336. The normalized spacial score (nSPS) is 29.2. The highest BCUT2D eigenvalue weighted by Gasteiger charge is 2.37. The lowest BCUT2D eigenvalue weighted by molar-refractivity contribution is -0.143. The number of nitrogens with zero attached hydrogens (tertiary/aromatic N) is 1. The van der Waals surface area contributed by atoms with Crippen molar-refractivity contribution in [2.24, 2.45) is 0 Å². The molecule has 0 aromatic heterocycles. The Balaban J connectivity index is 1.57. The smallest absolute Gasteiger partial charge is 0.242 e. The van der Waals surface area contributed by atoms with Crippen LogP contribution in [0, 0.1) is 0 Å². The van der Waals surface area contributed by atoms with E-state index in [9.17, 15) is 9.59 Å². The number of hydrogen-bond acceptors (Lipinski definition) is 3. The first-order chi connectivity index (χ1) is 9.15. The Labute approximate surface area is 114 Å². The summed E-state index contributed by atoms with van der Waals surface area (Å²) in [6, 6.07) is 0.481. The van der Waals surface area contributed by atoms with E-state index in [-0.39, 0.29) is 23.9 Å². The van der Waals surface area contributed by atoms with E-state index in [0.29, 0.717) is 18.6 Å². The van der Waals surface area contributed by atoms with E-state index in [1.807, 2.05) is 6.92 Å². The maximum Gasteiger partial charge on any atom is 0.242 e. The molecule has 1 saturated heterocycles. The molecule has 2 unspecified atom stereocenters. The molecule has 3 fully saturated rings. The van der Waals surface area contributed by atoms with Crippen LogP contribution < -0.4 is 10.6 Å². The van der Waals surface area contributed by atoms with Gasteiger partial charge in [-0.25, -0.2) is 0 Å². The van der Waals surface area contributed by atoms with Gasteiger partial charge in [0.1, 0.15) is 6.04 Å². The fourth-order valence-corrected chi connectivity index (χ4v) is 2.66. The van der Waals surface area contributed by atoms with Crippen molar-refractivity contribution < 1.29 is 9.59 Å². The molecule has 2 N–H and O–H groups in total. The summed E-state index contributed by atoms with van der Waals surface area (Å²) in [5.41, 5.74) is 0. The molecule has 19 heavy (non-hydrogen) atoms. The highest BCUT2D eigenvalue weighted by atomic mass is 16.2. The zero-order chi connectivity index (χ0) is 13.4. The van der Waals surface area contributed by atoms with Crippen molar-refractivity contribution in [3.8, 4) is 0 Å². The van der Waals surface area contributed by atoms with Crippen LogP contribution in [0.25, 0.3) is 0 Å². The second-order valence-corrected chi connectivity index (χ2v) is 6.13. The van der Waals surface area contributed by atoms with Gasteiger partial charge in [0, 0.05) is 18.6 Å². The Morgan fingerprint density at radius 1 is 1.21 bits per heavy atom. The molecule has 0 spiro atoms. The lowest BCUT2D eigenvalue weighted by Gasteiger charge is -2.36. The van der Waals surface area contributed by atoms with Gasteiger partial charge in [-0.3, -0.25) is 9.59 Å². The van der Waals surface area contributed by atoms with Crippen LogP contribution in [0.2, 0.25) is 0 Å². The van der Waals surface area contributed by atoms with E-state index in [0.717, 1.165) is 25.7 Å². The summed E-state index contributed by atoms with van der Waals surface area (Å²) in [6.07, 6.45) is 6.42. The fourth-order valence-electron chi connectivity index (χ4n) is 2.66. The largest absolute Gasteiger partial charge is 0.352 e. The summed E-state index contributed by atoms with van der Waals surface area (Å²) in [7, 11) is 0. The molecule has 2 atom stereocenters. The Bertz CT molecular complexity index is 377. The maximum atomic E-state index is 12.4. The summed E-state index contributed by atoms with van der Waals surface area (Å²) < 4.78 is 0. The topological polar surface area (TPSA) is 61.4 Å². The number of likely N-dealkylation sites (tertiary alicyclic amines) is 1. The Hall–Kier alpha value is -1.10. The first-order valence-electron chi connectivity index (χ1n) is 7.52. The van der Waals surface area contributed by atoms with Crippen molar-refractivity contribution in [1.29, 1.82) is 0 Å². The maximum absolute atomic E-state index is 12.4. The molecule has 106 valence electrons. The third kappa shape index (κ3) is 3.08. The number of amides is 2. The Morgan fingerprint density at radius 2 is 1.89 bits per heavy atom. The molecule has 0 radical (unpaired) electrons. The van der Waals surface area contributed by atoms with Crippen LogP contribution in [0.5, 0.6) is 0 Å². The minimum absolute atomic E-state index is 0.00271. The van der Waals surface area contributed by atoms with Gasteiger partial charge in [-0.2, -0.15) is 0 Å². The van der Waals surface area contributed by atoms with Crippen LogP contribution in [0.15, 0.2) is 0 Å². The van der Waals surface area contributed by atoms with Crippen molar-refractivity contribution in [2.45, 2.75) is 69.6 Å². The number of hydrogen-bond donors (Lipinski definition) is 2. The number of rotatable bonds is 5. The molecule has 1 heterocycles. The van der Waals surface area contributed by atoms with Crippen molar-refractivity contribution in [3.63, 3.8) is 0 Å². The average molecular weight is 265 g/mol. The quantitative estimate of drug-likeness (QED) is 0.756. The van der Waals surface area contributed by atoms with Crippen LogP contribution in [0.3, 0.4) is 0 Å². The number of carbonyl (C=O) groups is 2. The Kier molecular flexibility index (Phi) is 3.48. The van der Waals surface area contributed by atoms with Crippen LogP contribution in [0.4, 0.5) is 0 Å². The first-order valence-corrected chi connectivity index (χ1v) is 7.52. The van der Waals surface area contributed by atoms with Crippen LogP contribution in [-0.4, -0.2) is 47.4 Å². The van der Waals surface area contributed by atoms with Gasteiger partial charge in [0.15, 0.2) is 0 Å². The van der Waals surface area contributed by atoms with Crippen molar-refractivity contribution in [3.05, 3.63) is 0 Å². The van der Waals surface area contributed by atoms with E-state index >= 15 is 0 Å². The first kappa shape index (κ1) is 12.9. The summed E-state index contributed by atoms with van der Waals surface area (Å²) >= 11 is 0. The number of carbonyl (C=O) groups excluding carboxylic acids is 2. The Morgan fingerprint density at radius 3 is 2.53 bits per heavy atom. The van der Waals surface area contributed by atoms with Gasteiger partial charge in [-0.1, -0.05) is 0 Å². The lowest BCUT2D eigenvalue weighted by Crippen LogP contribution is -2.57. The van der Waals surface area contributed by atoms with E-state index in [4.69, 9.17) is 0 Å². The summed E-state index contributed by atoms with van der Waals surface area (Å²) in [6.45, 7) is 2.55. The molecule has 0 bridgehead atoms. The van der Waals surface area contributed by atoms with Gasteiger partial charge in [0.05, 0.1) is 6.04 Å². The van der Waals surface area contributed by atoms with Gasteiger partial charge in [-0.15, -0.1) is 0 Å². The third-order valence-electron chi connectivity index (χ3n) is 4.26. The average Bonchev–Trinajstić information content (AvgIpc) is 3.26. The molecule has 3 rings (SSSR count). The molecule has 0 aromatic rings. The van der Waals surface area contributed by atoms with E-state index in [1.54, 1.807) is 4.90 Å². The zero-order valence-corrected chi connectivity index (χ0v) is 11.5.